The lowest BCUT2D eigenvalue weighted by Crippen LogP contribution is -2.38. The second kappa shape index (κ2) is 3.08. The van der Waals surface area contributed by atoms with E-state index in [-0.39, 0.29) is 0 Å². The van der Waals surface area contributed by atoms with Crippen LogP contribution in [0.25, 0.3) is 0 Å². The molecule has 0 aliphatic carbocycles. The fraction of sp³-hybridized carbons (Fsp3) is 0.800. The average Bonchev–Trinajstić information content (AvgIpc) is 1.82. The van der Waals surface area contributed by atoms with Crippen molar-refractivity contribution in [2.45, 2.75) is 19.2 Å². The highest BCUT2D eigenvalue weighted by Crippen LogP contribution is 2.25. The Labute approximate surface area is 60.4 Å². The van der Waals surface area contributed by atoms with E-state index in [1.165, 1.54) is 0 Å². The van der Waals surface area contributed by atoms with Crippen molar-refractivity contribution in [3.63, 3.8) is 0 Å². The number of hydrogen-bond donors (Lipinski definition) is 2. The molecule has 0 aliphatic heterocycles. The molecule has 0 aromatic carbocycles. The van der Waals surface area contributed by atoms with E-state index in [9.17, 15) is 18.0 Å². The normalized spacial score (nSPS) is 17.5. The van der Waals surface area contributed by atoms with E-state index < -0.39 is 24.2 Å². The minimum Gasteiger partial charge on any atom is -0.481 e. The molecule has 0 aliphatic rings. The van der Waals surface area contributed by atoms with Gasteiger partial charge in [-0.2, -0.15) is 13.2 Å². The van der Waals surface area contributed by atoms with Crippen LogP contribution in [0.4, 0.5) is 13.2 Å². The molecule has 0 aromatic rings. The maximum absolute atomic E-state index is 11.5. The molecule has 0 spiro atoms. The highest BCUT2D eigenvalue weighted by atomic mass is 19.4. The summed E-state index contributed by atoms with van der Waals surface area (Å²) in [7, 11) is 0. The van der Waals surface area contributed by atoms with Gasteiger partial charge in [-0.15, -0.1) is 0 Å². The molecule has 2 N–H and O–H groups in total. The van der Waals surface area contributed by atoms with Gasteiger partial charge in [-0.1, -0.05) is 0 Å². The maximum Gasteiger partial charge on any atom is 0.415 e. The molecule has 0 bridgehead atoms. The first kappa shape index (κ1) is 10.2. The van der Waals surface area contributed by atoms with Crippen LogP contribution in [0.2, 0.25) is 0 Å². The van der Waals surface area contributed by atoms with Crippen molar-refractivity contribution < 1.29 is 28.2 Å². The van der Waals surface area contributed by atoms with E-state index in [2.05, 4.69) is 0 Å². The van der Waals surface area contributed by atoms with Gasteiger partial charge in [-0.05, 0) is 6.92 Å². The van der Waals surface area contributed by atoms with Crippen LogP contribution < -0.4 is 0 Å². The Bertz CT molecular complexity index is 154. The number of aliphatic hydroxyl groups is 1. The summed E-state index contributed by atoms with van der Waals surface area (Å²) >= 11 is 0. The predicted octanol–water partition coefficient (Wildman–Crippen LogP) is 0.630. The molecule has 0 amide bonds. The molecule has 2 atom stereocenters. The number of carbonyl (C=O) groups is 1. The van der Waals surface area contributed by atoms with E-state index in [0.29, 0.717) is 0 Å². The molecule has 6 heteroatoms. The Morgan fingerprint density at radius 2 is 1.82 bits per heavy atom. The summed E-state index contributed by atoms with van der Waals surface area (Å²) in [5.74, 6) is -3.50. The van der Waals surface area contributed by atoms with E-state index in [1.807, 2.05) is 0 Å². The van der Waals surface area contributed by atoms with Crippen LogP contribution in [0, 0.1) is 5.92 Å². The van der Waals surface area contributed by atoms with Crippen molar-refractivity contribution in [1.29, 1.82) is 0 Å². The van der Waals surface area contributed by atoms with E-state index in [4.69, 9.17) is 10.2 Å². The molecule has 0 aromatic heterocycles. The summed E-state index contributed by atoms with van der Waals surface area (Å²) in [6.07, 6.45) is -7.65. The van der Waals surface area contributed by atoms with Gasteiger partial charge in [0, 0.05) is 0 Å². The van der Waals surface area contributed by atoms with Gasteiger partial charge in [0.1, 0.15) is 0 Å². The van der Waals surface area contributed by atoms with Crippen molar-refractivity contribution in [2.24, 2.45) is 5.92 Å². The van der Waals surface area contributed by atoms with Gasteiger partial charge in [0.25, 0.3) is 0 Å². The number of carboxylic acids is 1. The molecule has 11 heavy (non-hydrogen) atoms. The fourth-order valence-corrected chi connectivity index (χ4v) is 0.419. The van der Waals surface area contributed by atoms with Crippen LogP contribution in [-0.4, -0.2) is 28.5 Å². The number of carboxylic acid groups (broad SMARTS) is 1. The molecule has 0 heterocycles. The molecule has 0 fully saturated rings. The number of aliphatic carboxylic acids is 1. The Kier molecular flexibility index (Phi) is 2.86. The molecule has 0 saturated carbocycles. The summed E-state index contributed by atoms with van der Waals surface area (Å²) in [6, 6.07) is 0. The number of alkyl halides is 3. The SMILES string of the molecule is C[C@H](C(=O)O)[C@H](O)C(F)(F)F. The first-order valence-electron chi connectivity index (χ1n) is 2.74. The largest absolute Gasteiger partial charge is 0.481 e. The third-order valence-electron chi connectivity index (χ3n) is 1.20. The van der Waals surface area contributed by atoms with E-state index >= 15 is 0 Å². The van der Waals surface area contributed by atoms with Crippen LogP contribution in [0.15, 0.2) is 0 Å². The lowest BCUT2D eigenvalue weighted by atomic mass is 10.1. The van der Waals surface area contributed by atoms with Gasteiger partial charge < -0.3 is 10.2 Å². The van der Waals surface area contributed by atoms with Crippen LogP contribution in [0.1, 0.15) is 6.92 Å². The highest BCUT2D eigenvalue weighted by Gasteiger charge is 2.44. The van der Waals surface area contributed by atoms with Crippen LogP contribution in [0.3, 0.4) is 0 Å². The van der Waals surface area contributed by atoms with Gasteiger partial charge in [0.05, 0.1) is 5.92 Å². The van der Waals surface area contributed by atoms with E-state index in [1.54, 1.807) is 0 Å². The quantitative estimate of drug-likeness (QED) is 0.642. The van der Waals surface area contributed by atoms with Gasteiger partial charge in [-0.25, -0.2) is 0 Å². The minimum absolute atomic E-state index is 0.792. The zero-order chi connectivity index (χ0) is 9.23. The summed E-state index contributed by atoms with van der Waals surface area (Å²) < 4.78 is 34.6. The maximum atomic E-state index is 11.5. The van der Waals surface area contributed by atoms with Gasteiger partial charge >= 0.3 is 12.1 Å². The zero-order valence-electron chi connectivity index (χ0n) is 5.59. The zero-order valence-corrected chi connectivity index (χ0v) is 5.59. The molecule has 66 valence electrons. The predicted molar refractivity (Wildman–Crippen MR) is 28.9 cm³/mol. The number of aliphatic hydroxyl groups excluding tert-OH is 1. The van der Waals surface area contributed by atoms with Crippen LogP contribution in [-0.2, 0) is 4.79 Å². The minimum atomic E-state index is -4.86. The molecule has 0 unspecified atom stereocenters. The standard InChI is InChI=1S/C5H7F3O3/c1-2(4(10)11)3(9)5(6,7)8/h2-3,9H,1H3,(H,10,11)/t2-,3-/m0/s1. The molecule has 0 saturated heterocycles. The van der Waals surface area contributed by atoms with Crippen LogP contribution in [0.5, 0.6) is 0 Å². The van der Waals surface area contributed by atoms with Crippen molar-refractivity contribution in [3.8, 4) is 0 Å². The van der Waals surface area contributed by atoms with Crippen molar-refractivity contribution in [3.05, 3.63) is 0 Å². The smallest absolute Gasteiger partial charge is 0.415 e. The molecule has 0 radical (unpaired) electrons. The average molecular weight is 172 g/mol. The summed E-state index contributed by atoms with van der Waals surface area (Å²) in [5, 5.41) is 16.4. The first-order chi connectivity index (χ1) is 4.76. The fourth-order valence-electron chi connectivity index (χ4n) is 0.419. The van der Waals surface area contributed by atoms with Crippen molar-refractivity contribution >= 4 is 5.97 Å². The Morgan fingerprint density at radius 3 is 1.91 bits per heavy atom. The lowest BCUT2D eigenvalue weighted by Gasteiger charge is -2.17. The number of rotatable bonds is 2. The first-order valence-corrected chi connectivity index (χ1v) is 2.74. The van der Waals surface area contributed by atoms with E-state index in [0.717, 1.165) is 6.92 Å². The molecular weight excluding hydrogens is 165 g/mol. The Morgan fingerprint density at radius 1 is 1.45 bits per heavy atom. The van der Waals surface area contributed by atoms with Gasteiger partial charge in [0.15, 0.2) is 6.10 Å². The summed E-state index contributed by atoms with van der Waals surface area (Å²) in [4.78, 5) is 9.93. The molecule has 0 rings (SSSR count). The molecular formula is C5H7F3O3. The van der Waals surface area contributed by atoms with Gasteiger partial charge in [0.2, 0.25) is 0 Å². The third-order valence-corrected chi connectivity index (χ3v) is 1.20. The van der Waals surface area contributed by atoms with Crippen molar-refractivity contribution in [2.75, 3.05) is 0 Å². The number of hydrogen-bond acceptors (Lipinski definition) is 2. The number of halogens is 3. The lowest BCUT2D eigenvalue weighted by molar-refractivity contribution is -0.221. The third kappa shape index (κ3) is 2.75. The van der Waals surface area contributed by atoms with Crippen LogP contribution >= 0.6 is 0 Å². The second-order valence-corrected chi connectivity index (χ2v) is 2.11. The Balaban J connectivity index is 4.25. The topological polar surface area (TPSA) is 57.5 Å². The molecule has 3 nitrogen and oxygen atoms in total. The summed E-state index contributed by atoms with van der Waals surface area (Å²) in [6.45, 7) is 0.792. The summed E-state index contributed by atoms with van der Waals surface area (Å²) in [5.41, 5.74) is 0. The monoisotopic (exact) mass is 172 g/mol. The Hall–Kier alpha value is -0.780. The highest BCUT2D eigenvalue weighted by molar-refractivity contribution is 5.70. The second-order valence-electron chi connectivity index (χ2n) is 2.11. The van der Waals surface area contributed by atoms with Crippen molar-refractivity contribution in [1.82, 2.24) is 0 Å². The van der Waals surface area contributed by atoms with Gasteiger partial charge in [-0.3, -0.25) is 4.79 Å².